The summed E-state index contributed by atoms with van der Waals surface area (Å²) in [5, 5.41) is 7.29. The lowest BCUT2D eigenvalue weighted by Gasteiger charge is -2.24. The third-order valence-corrected chi connectivity index (χ3v) is 3.93. The van der Waals surface area contributed by atoms with E-state index >= 15 is 0 Å². The normalized spacial score (nSPS) is 18.5. The van der Waals surface area contributed by atoms with Gasteiger partial charge in [0, 0.05) is 25.0 Å². The Bertz CT molecular complexity index is 609. The molecule has 1 aliphatic rings. The van der Waals surface area contributed by atoms with Crippen molar-refractivity contribution < 1.29 is 4.74 Å². The quantitative estimate of drug-likeness (QED) is 0.912. The van der Waals surface area contributed by atoms with Crippen molar-refractivity contribution in [2.75, 3.05) is 25.0 Å². The first-order valence-corrected chi connectivity index (χ1v) is 7.41. The van der Waals surface area contributed by atoms with Gasteiger partial charge in [0.2, 0.25) is 0 Å². The van der Waals surface area contributed by atoms with Crippen LogP contribution in [-0.4, -0.2) is 24.7 Å². The van der Waals surface area contributed by atoms with E-state index in [0.717, 1.165) is 36.8 Å². The summed E-state index contributed by atoms with van der Waals surface area (Å²) in [6.45, 7) is 4.52. The van der Waals surface area contributed by atoms with Crippen LogP contribution in [0.4, 0.5) is 11.5 Å². The van der Waals surface area contributed by atoms with E-state index in [4.69, 9.17) is 16.3 Å². The van der Waals surface area contributed by atoms with E-state index in [-0.39, 0.29) is 6.10 Å². The predicted molar refractivity (Wildman–Crippen MR) is 85.3 cm³/mol. The molecule has 1 saturated heterocycles. The van der Waals surface area contributed by atoms with Gasteiger partial charge in [-0.15, -0.1) is 0 Å². The number of pyridine rings is 1. The Morgan fingerprint density at radius 2 is 2.14 bits per heavy atom. The van der Waals surface area contributed by atoms with Crippen LogP contribution in [0.25, 0.3) is 0 Å². The van der Waals surface area contributed by atoms with Crippen molar-refractivity contribution in [3.05, 3.63) is 52.7 Å². The van der Waals surface area contributed by atoms with Crippen LogP contribution in [0, 0.1) is 6.92 Å². The van der Waals surface area contributed by atoms with Crippen LogP contribution in [0.15, 0.2) is 36.5 Å². The Labute approximate surface area is 129 Å². The molecular formula is C16H18ClN3O. The molecule has 110 valence electrons. The Hall–Kier alpha value is -1.62. The van der Waals surface area contributed by atoms with Crippen LogP contribution in [-0.2, 0) is 4.74 Å². The summed E-state index contributed by atoms with van der Waals surface area (Å²) < 4.78 is 5.74. The Morgan fingerprint density at radius 3 is 2.81 bits per heavy atom. The van der Waals surface area contributed by atoms with E-state index in [1.807, 2.05) is 25.1 Å². The molecule has 0 radical (unpaired) electrons. The second-order valence-corrected chi connectivity index (χ2v) is 5.54. The van der Waals surface area contributed by atoms with Gasteiger partial charge < -0.3 is 15.4 Å². The molecule has 0 aliphatic carbocycles. The number of benzene rings is 1. The van der Waals surface area contributed by atoms with Gasteiger partial charge in [-0.2, -0.15) is 0 Å². The highest BCUT2D eigenvalue weighted by Gasteiger charge is 2.15. The number of ether oxygens (including phenoxy) is 1. The number of hydrogen-bond donors (Lipinski definition) is 2. The lowest BCUT2D eigenvalue weighted by Crippen LogP contribution is -2.33. The average molecular weight is 304 g/mol. The molecule has 0 bridgehead atoms. The van der Waals surface area contributed by atoms with Gasteiger partial charge in [-0.3, -0.25) is 0 Å². The summed E-state index contributed by atoms with van der Waals surface area (Å²) in [5.74, 6) is 0.792. The fraction of sp³-hybridized carbons (Fsp3) is 0.312. The molecule has 1 aromatic heterocycles. The highest BCUT2D eigenvalue weighted by Crippen LogP contribution is 2.23. The van der Waals surface area contributed by atoms with E-state index < -0.39 is 0 Å². The number of nitrogens with zero attached hydrogens (tertiary/aromatic N) is 1. The minimum absolute atomic E-state index is 0.142. The van der Waals surface area contributed by atoms with Crippen molar-refractivity contribution in [3.63, 3.8) is 0 Å². The van der Waals surface area contributed by atoms with Gasteiger partial charge in [-0.05, 0) is 36.2 Å². The van der Waals surface area contributed by atoms with Gasteiger partial charge in [-0.1, -0.05) is 23.7 Å². The molecule has 5 heteroatoms. The smallest absolute Gasteiger partial charge is 0.130 e. The number of rotatable bonds is 3. The van der Waals surface area contributed by atoms with E-state index in [0.29, 0.717) is 5.02 Å². The molecule has 1 atom stereocenters. The minimum Gasteiger partial charge on any atom is -0.371 e. The molecule has 1 aromatic carbocycles. The highest BCUT2D eigenvalue weighted by atomic mass is 35.5. The van der Waals surface area contributed by atoms with Crippen LogP contribution in [0.2, 0.25) is 5.02 Å². The lowest BCUT2D eigenvalue weighted by molar-refractivity contribution is 0.0277. The zero-order valence-corrected chi connectivity index (χ0v) is 12.7. The molecule has 0 spiro atoms. The molecule has 1 fully saturated rings. The molecule has 21 heavy (non-hydrogen) atoms. The highest BCUT2D eigenvalue weighted by molar-refractivity contribution is 6.31. The Kier molecular flexibility index (Phi) is 4.39. The van der Waals surface area contributed by atoms with E-state index in [1.165, 1.54) is 5.56 Å². The monoisotopic (exact) mass is 303 g/mol. The summed E-state index contributed by atoms with van der Waals surface area (Å²) >= 11 is 5.98. The number of morpholine rings is 1. The first kappa shape index (κ1) is 14.3. The topological polar surface area (TPSA) is 46.2 Å². The van der Waals surface area contributed by atoms with E-state index in [1.54, 1.807) is 6.20 Å². The summed E-state index contributed by atoms with van der Waals surface area (Å²) in [7, 11) is 0. The third-order valence-electron chi connectivity index (χ3n) is 3.53. The Morgan fingerprint density at radius 1 is 1.33 bits per heavy atom. The molecule has 1 unspecified atom stereocenters. The maximum atomic E-state index is 5.98. The molecule has 2 heterocycles. The number of halogens is 1. The van der Waals surface area contributed by atoms with Gasteiger partial charge >= 0.3 is 0 Å². The molecule has 3 rings (SSSR count). The van der Waals surface area contributed by atoms with Gasteiger partial charge in [0.25, 0.3) is 0 Å². The molecular weight excluding hydrogens is 286 g/mol. The van der Waals surface area contributed by atoms with E-state index in [9.17, 15) is 0 Å². The summed E-state index contributed by atoms with van der Waals surface area (Å²) in [6.07, 6.45) is 1.80. The Balaban J connectivity index is 1.70. The molecule has 2 N–H and O–H groups in total. The summed E-state index contributed by atoms with van der Waals surface area (Å²) in [4.78, 5) is 4.27. The lowest BCUT2D eigenvalue weighted by atomic mass is 10.1. The van der Waals surface area contributed by atoms with Crippen molar-refractivity contribution in [1.29, 1.82) is 0 Å². The van der Waals surface area contributed by atoms with Crippen molar-refractivity contribution >= 4 is 23.1 Å². The first-order chi connectivity index (χ1) is 10.2. The van der Waals surface area contributed by atoms with Crippen LogP contribution < -0.4 is 10.6 Å². The maximum absolute atomic E-state index is 5.98. The largest absolute Gasteiger partial charge is 0.371 e. The fourth-order valence-electron chi connectivity index (χ4n) is 2.32. The SMILES string of the molecule is Cc1cc(Nc2ccc(C3CNCCO3)cc2)ncc1Cl. The van der Waals surface area contributed by atoms with Crippen LogP contribution in [0.3, 0.4) is 0 Å². The van der Waals surface area contributed by atoms with Gasteiger partial charge in [-0.25, -0.2) is 4.98 Å². The summed E-state index contributed by atoms with van der Waals surface area (Å²) in [5.41, 5.74) is 3.19. The van der Waals surface area contributed by atoms with Crippen molar-refractivity contribution in [1.82, 2.24) is 10.3 Å². The van der Waals surface area contributed by atoms with Gasteiger partial charge in [0.15, 0.2) is 0 Å². The number of nitrogens with one attached hydrogen (secondary N) is 2. The number of anilines is 2. The average Bonchev–Trinajstić information content (AvgIpc) is 2.53. The standard InChI is InChI=1S/C16H18ClN3O/c1-11-8-16(19-9-14(11)17)20-13-4-2-12(3-5-13)15-10-18-6-7-21-15/h2-5,8-9,15,18H,6-7,10H2,1H3,(H,19,20). The minimum atomic E-state index is 0.142. The van der Waals surface area contributed by atoms with Gasteiger partial charge in [0.1, 0.15) is 5.82 Å². The van der Waals surface area contributed by atoms with Crippen LogP contribution >= 0.6 is 11.6 Å². The van der Waals surface area contributed by atoms with Crippen LogP contribution in [0.1, 0.15) is 17.2 Å². The third kappa shape index (κ3) is 3.53. The number of hydrogen-bond acceptors (Lipinski definition) is 4. The fourth-order valence-corrected chi connectivity index (χ4v) is 2.42. The zero-order valence-electron chi connectivity index (χ0n) is 11.9. The second-order valence-electron chi connectivity index (χ2n) is 5.13. The molecule has 2 aromatic rings. The molecule has 0 amide bonds. The second kappa shape index (κ2) is 6.43. The number of aryl methyl sites for hydroxylation is 1. The van der Waals surface area contributed by atoms with Gasteiger partial charge in [0.05, 0.1) is 17.7 Å². The van der Waals surface area contributed by atoms with Crippen molar-refractivity contribution in [2.24, 2.45) is 0 Å². The van der Waals surface area contributed by atoms with Crippen molar-refractivity contribution in [2.45, 2.75) is 13.0 Å². The molecule has 4 nitrogen and oxygen atoms in total. The van der Waals surface area contributed by atoms with Crippen LogP contribution in [0.5, 0.6) is 0 Å². The maximum Gasteiger partial charge on any atom is 0.130 e. The first-order valence-electron chi connectivity index (χ1n) is 7.04. The summed E-state index contributed by atoms with van der Waals surface area (Å²) in [6, 6.07) is 10.2. The molecule has 0 saturated carbocycles. The van der Waals surface area contributed by atoms with E-state index in [2.05, 4.69) is 27.8 Å². The zero-order chi connectivity index (χ0) is 14.7. The van der Waals surface area contributed by atoms with Crippen molar-refractivity contribution in [3.8, 4) is 0 Å². The number of aromatic nitrogens is 1. The molecule has 1 aliphatic heterocycles. The predicted octanol–water partition coefficient (Wildman–Crippen LogP) is 3.45.